The quantitative estimate of drug-likeness (QED) is 0.258. The number of rotatable bonds is 10. The molecule has 0 spiro atoms. The molecule has 2 heterocycles. The van der Waals surface area contributed by atoms with Gasteiger partial charge in [0.05, 0.1) is 32.5 Å². The predicted molar refractivity (Wildman–Crippen MR) is 172 cm³/mol. The third-order valence-corrected chi connectivity index (χ3v) is 11.1. The average Bonchev–Trinajstić information content (AvgIpc) is 3.87. The van der Waals surface area contributed by atoms with E-state index < -0.39 is 0 Å². The standard InChI is InChI=1S/2C10H16.C7H16O.2C5H10O2/c2*1-7-2-9-4-8(1)5-10(3-7)6-9;1-3-5-7(8)6-4-2;2*1-2-6-3-5-4-7-5/h2*7-10H,1-6H2;7-8H,3-6H2,1-2H3;2*5H,2-4H2,1H3. The summed E-state index contributed by atoms with van der Waals surface area (Å²) in [6.45, 7) is 13.2. The number of hydrogen-bond donors (Lipinski definition) is 1. The molecule has 10 rings (SSSR count). The van der Waals surface area contributed by atoms with E-state index in [4.69, 9.17) is 24.1 Å². The summed E-state index contributed by atoms with van der Waals surface area (Å²) in [4.78, 5) is 0. The Balaban J connectivity index is 0.000000122. The van der Waals surface area contributed by atoms with Crippen LogP contribution < -0.4 is 0 Å². The lowest BCUT2D eigenvalue weighted by Gasteiger charge is -2.49. The molecule has 8 saturated carbocycles. The van der Waals surface area contributed by atoms with Gasteiger partial charge in [-0.1, -0.05) is 26.7 Å². The molecule has 5 heteroatoms. The average molecular weight is 593 g/mol. The van der Waals surface area contributed by atoms with Crippen molar-refractivity contribution >= 4 is 0 Å². The van der Waals surface area contributed by atoms with E-state index in [9.17, 15) is 0 Å². The molecule has 0 aromatic heterocycles. The maximum Gasteiger partial charge on any atom is 0.104 e. The first-order valence-corrected chi connectivity index (χ1v) is 18.5. The molecule has 1 N–H and O–H groups in total. The lowest BCUT2D eigenvalue weighted by atomic mass is 9.56. The van der Waals surface area contributed by atoms with Gasteiger partial charge in [0.1, 0.15) is 12.2 Å². The van der Waals surface area contributed by atoms with Gasteiger partial charge in [0, 0.05) is 13.2 Å². The Labute approximate surface area is 259 Å². The summed E-state index contributed by atoms with van der Waals surface area (Å²) < 4.78 is 19.8. The van der Waals surface area contributed by atoms with Crippen LogP contribution in [0, 0.1) is 47.3 Å². The first kappa shape index (κ1) is 34.7. The van der Waals surface area contributed by atoms with E-state index in [2.05, 4.69) is 13.8 Å². The van der Waals surface area contributed by atoms with Gasteiger partial charge in [0.2, 0.25) is 0 Å². The topological polar surface area (TPSA) is 63.8 Å². The number of aliphatic hydroxyl groups is 1. The Kier molecular flexibility index (Phi) is 15.4. The highest BCUT2D eigenvalue weighted by molar-refractivity contribution is 4.94. The maximum atomic E-state index is 9.05. The summed E-state index contributed by atoms with van der Waals surface area (Å²) in [5, 5.41) is 9.05. The van der Waals surface area contributed by atoms with Crippen molar-refractivity contribution in [1.29, 1.82) is 0 Å². The van der Waals surface area contributed by atoms with Crippen LogP contribution >= 0.6 is 0 Å². The van der Waals surface area contributed by atoms with Crippen molar-refractivity contribution in [1.82, 2.24) is 0 Å². The molecule has 246 valence electrons. The zero-order valence-electron chi connectivity index (χ0n) is 28.0. The van der Waals surface area contributed by atoms with Gasteiger partial charge in [0.15, 0.2) is 0 Å². The number of epoxide rings is 2. The summed E-state index contributed by atoms with van der Waals surface area (Å²) in [5.41, 5.74) is 0. The van der Waals surface area contributed by atoms with E-state index in [0.29, 0.717) is 12.2 Å². The maximum absolute atomic E-state index is 9.05. The van der Waals surface area contributed by atoms with Crippen molar-refractivity contribution in [2.24, 2.45) is 47.3 Å². The van der Waals surface area contributed by atoms with Crippen LogP contribution in [0.3, 0.4) is 0 Å². The van der Waals surface area contributed by atoms with Gasteiger partial charge in [-0.25, -0.2) is 0 Å². The Morgan fingerprint density at radius 1 is 0.500 bits per heavy atom. The Morgan fingerprint density at radius 3 is 0.905 bits per heavy atom. The van der Waals surface area contributed by atoms with Crippen LogP contribution in [0.15, 0.2) is 0 Å². The van der Waals surface area contributed by atoms with E-state index in [1.807, 2.05) is 13.8 Å². The molecule has 10 fully saturated rings. The van der Waals surface area contributed by atoms with Gasteiger partial charge in [-0.3, -0.25) is 0 Å². The molecule has 8 aliphatic carbocycles. The molecular formula is C37H68O5. The molecule has 2 saturated heterocycles. The van der Waals surface area contributed by atoms with Crippen LogP contribution in [0.4, 0.5) is 0 Å². The molecule has 0 amide bonds. The largest absolute Gasteiger partial charge is 0.393 e. The number of ether oxygens (including phenoxy) is 4. The van der Waals surface area contributed by atoms with Gasteiger partial charge >= 0.3 is 0 Å². The van der Waals surface area contributed by atoms with Gasteiger partial charge < -0.3 is 24.1 Å². The van der Waals surface area contributed by atoms with E-state index >= 15 is 0 Å². The van der Waals surface area contributed by atoms with Crippen molar-refractivity contribution in [2.45, 2.75) is 149 Å². The van der Waals surface area contributed by atoms with Gasteiger partial charge in [-0.2, -0.15) is 0 Å². The lowest BCUT2D eigenvalue weighted by Crippen LogP contribution is -2.38. The molecular weight excluding hydrogens is 524 g/mol. The first-order chi connectivity index (χ1) is 20.5. The van der Waals surface area contributed by atoms with Crippen molar-refractivity contribution in [3.63, 3.8) is 0 Å². The van der Waals surface area contributed by atoms with Crippen LogP contribution in [0.5, 0.6) is 0 Å². The molecule has 5 nitrogen and oxygen atoms in total. The summed E-state index contributed by atoms with van der Waals surface area (Å²) >= 11 is 0. The fraction of sp³-hybridized carbons (Fsp3) is 1.00. The molecule has 10 aliphatic rings. The van der Waals surface area contributed by atoms with E-state index in [1.165, 1.54) is 47.3 Å². The third kappa shape index (κ3) is 13.0. The monoisotopic (exact) mass is 593 g/mol. The molecule has 0 radical (unpaired) electrons. The van der Waals surface area contributed by atoms with E-state index in [1.54, 1.807) is 77.0 Å². The molecule has 0 aromatic carbocycles. The molecule has 8 bridgehead atoms. The van der Waals surface area contributed by atoms with E-state index in [0.717, 1.165) is 65.3 Å². The Bertz CT molecular complexity index is 533. The van der Waals surface area contributed by atoms with Crippen molar-refractivity contribution in [3.8, 4) is 0 Å². The predicted octanol–water partition coefficient (Wildman–Crippen LogP) is 8.46. The molecule has 42 heavy (non-hydrogen) atoms. The summed E-state index contributed by atoms with van der Waals surface area (Å²) in [6, 6.07) is 0. The van der Waals surface area contributed by atoms with Crippen LogP contribution in [0.2, 0.25) is 0 Å². The van der Waals surface area contributed by atoms with Gasteiger partial charge in [-0.05, 0) is 151 Å². The highest BCUT2D eigenvalue weighted by atomic mass is 16.6. The fourth-order valence-corrected chi connectivity index (χ4v) is 9.60. The van der Waals surface area contributed by atoms with Crippen LogP contribution in [-0.2, 0) is 18.9 Å². The summed E-state index contributed by atoms with van der Waals surface area (Å²) in [7, 11) is 0. The lowest BCUT2D eigenvalue weighted by molar-refractivity contribution is 0.0197. The molecule has 2 unspecified atom stereocenters. The minimum Gasteiger partial charge on any atom is -0.393 e. The third-order valence-electron chi connectivity index (χ3n) is 11.1. The molecule has 2 atom stereocenters. The molecule has 0 aromatic rings. The molecule has 2 aliphatic heterocycles. The first-order valence-electron chi connectivity index (χ1n) is 18.5. The fourth-order valence-electron chi connectivity index (χ4n) is 9.60. The van der Waals surface area contributed by atoms with Gasteiger partial charge in [0.25, 0.3) is 0 Å². The van der Waals surface area contributed by atoms with Crippen molar-refractivity contribution in [3.05, 3.63) is 0 Å². The highest BCUT2D eigenvalue weighted by Crippen LogP contribution is 2.54. The summed E-state index contributed by atoms with van der Waals surface area (Å²) in [5.74, 6) is 9.42. The Hall–Kier alpha value is -0.200. The number of hydrogen-bond acceptors (Lipinski definition) is 5. The second-order valence-electron chi connectivity index (χ2n) is 15.2. The van der Waals surface area contributed by atoms with Gasteiger partial charge in [-0.15, -0.1) is 0 Å². The minimum absolute atomic E-state index is 0.0370. The van der Waals surface area contributed by atoms with Crippen molar-refractivity contribution < 1.29 is 24.1 Å². The second-order valence-corrected chi connectivity index (χ2v) is 15.2. The van der Waals surface area contributed by atoms with E-state index in [-0.39, 0.29) is 6.10 Å². The summed E-state index contributed by atoms with van der Waals surface area (Å²) in [6.07, 6.45) is 24.2. The number of aliphatic hydroxyl groups excluding tert-OH is 1. The zero-order valence-corrected chi connectivity index (χ0v) is 28.0. The zero-order chi connectivity index (χ0) is 29.7. The highest BCUT2D eigenvalue weighted by Gasteiger charge is 2.42. The van der Waals surface area contributed by atoms with Crippen LogP contribution in [0.25, 0.3) is 0 Å². The smallest absolute Gasteiger partial charge is 0.104 e. The Morgan fingerprint density at radius 2 is 0.738 bits per heavy atom. The van der Waals surface area contributed by atoms with Crippen LogP contribution in [-0.4, -0.2) is 63.1 Å². The SMILES string of the molecule is C1C2CC3CC1CC(C2)C3.C1C2CC3CC1CC(C2)C3.CCCC(O)CCC.CCOCC1CO1.CCOCC1CO1. The normalized spacial score (nSPS) is 38.7. The minimum atomic E-state index is -0.0370. The second kappa shape index (κ2) is 18.7. The van der Waals surface area contributed by atoms with Crippen molar-refractivity contribution in [2.75, 3.05) is 39.6 Å². The van der Waals surface area contributed by atoms with Crippen LogP contribution in [0.1, 0.15) is 130 Å².